The quantitative estimate of drug-likeness (QED) is 0.823. The van der Waals surface area contributed by atoms with Crippen molar-refractivity contribution in [2.75, 3.05) is 0 Å². The van der Waals surface area contributed by atoms with Gasteiger partial charge in [-0.2, -0.15) is 0 Å². The Morgan fingerprint density at radius 2 is 1.68 bits per heavy atom. The van der Waals surface area contributed by atoms with Crippen molar-refractivity contribution in [1.82, 2.24) is 4.98 Å². The Hall–Kier alpha value is -0.905. The molecule has 1 aliphatic heterocycles. The second kappa shape index (κ2) is 4.30. The van der Waals surface area contributed by atoms with Crippen molar-refractivity contribution in [3.63, 3.8) is 0 Å². The topological polar surface area (TPSA) is 51.6 Å². The summed E-state index contributed by atoms with van der Waals surface area (Å²) in [6.45, 7) is 11.5. The molecular formula is C14H22BNO3. The standard InChI is InChI=1S/C14H22BNO3/c1-12(2,17)11-9-10(7-8-16-11)15-18-13(3,4)14(5,6)19-15/h7-9,17H,1-6H3. The largest absolute Gasteiger partial charge is 0.494 e. The van der Waals surface area contributed by atoms with Gasteiger partial charge in [0.15, 0.2) is 0 Å². The van der Waals surface area contributed by atoms with E-state index in [0.29, 0.717) is 5.69 Å². The van der Waals surface area contributed by atoms with Crippen molar-refractivity contribution in [2.45, 2.75) is 58.3 Å². The van der Waals surface area contributed by atoms with Crippen LogP contribution in [0.2, 0.25) is 0 Å². The fraction of sp³-hybridized carbons (Fsp3) is 0.643. The molecule has 104 valence electrons. The van der Waals surface area contributed by atoms with Crippen molar-refractivity contribution in [3.8, 4) is 0 Å². The number of nitrogens with zero attached hydrogens (tertiary/aromatic N) is 1. The highest BCUT2D eigenvalue weighted by molar-refractivity contribution is 6.62. The smallest absolute Gasteiger partial charge is 0.399 e. The van der Waals surface area contributed by atoms with E-state index in [1.807, 2.05) is 39.8 Å². The Balaban J connectivity index is 2.30. The Morgan fingerprint density at radius 3 is 2.16 bits per heavy atom. The lowest BCUT2D eigenvalue weighted by molar-refractivity contribution is 0.00578. The Bertz CT molecular complexity index is 464. The third kappa shape index (κ3) is 2.68. The van der Waals surface area contributed by atoms with E-state index in [1.54, 1.807) is 20.0 Å². The predicted molar refractivity (Wildman–Crippen MR) is 75.2 cm³/mol. The van der Waals surface area contributed by atoms with Crippen LogP contribution in [0.3, 0.4) is 0 Å². The molecule has 1 aromatic heterocycles. The van der Waals surface area contributed by atoms with Crippen LogP contribution in [0.4, 0.5) is 0 Å². The Morgan fingerprint density at radius 1 is 1.16 bits per heavy atom. The van der Waals surface area contributed by atoms with Gasteiger partial charge in [-0.25, -0.2) is 0 Å². The van der Waals surface area contributed by atoms with Crippen LogP contribution in [0.1, 0.15) is 47.2 Å². The molecule has 2 rings (SSSR count). The molecule has 0 aliphatic carbocycles. The van der Waals surface area contributed by atoms with Crippen LogP contribution in [0, 0.1) is 0 Å². The fourth-order valence-electron chi connectivity index (χ4n) is 1.91. The van der Waals surface area contributed by atoms with Crippen molar-refractivity contribution in [1.29, 1.82) is 0 Å². The molecule has 0 amide bonds. The second-order valence-electron chi connectivity index (χ2n) is 6.62. The number of hydrogen-bond acceptors (Lipinski definition) is 4. The first-order valence-corrected chi connectivity index (χ1v) is 6.57. The number of rotatable bonds is 2. The van der Waals surface area contributed by atoms with Gasteiger partial charge in [0.05, 0.1) is 16.9 Å². The Labute approximate surface area is 115 Å². The minimum Gasteiger partial charge on any atom is -0.399 e. The first-order valence-electron chi connectivity index (χ1n) is 6.57. The molecule has 1 aromatic rings. The van der Waals surface area contributed by atoms with Gasteiger partial charge < -0.3 is 14.4 Å². The summed E-state index contributed by atoms with van der Waals surface area (Å²) in [7, 11) is -0.422. The van der Waals surface area contributed by atoms with E-state index in [0.717, 1.165) is 5.46 Å². The molecule has 0 bridgehead atoms. The normalized spacial score (nSPS) is 21.7. The summed E-state index contributed by atoms with van der Waals surface area (Å²) < 4.78 is 12.0. The summed E-state index contributed by atoms with van der Waals surface area (Å²) in [5, 5.41) is 10.0. The lowest BCUT2D eigenvalue weighted by atomic mass is 9.78. The van der Waals surface area contributed by atoms with Crippen LogP contribution in [-0.4, -0.2) is 28.4 Å². The molecule has 0 saturated carbocycles. The van der Waals surface area contributed by atoms with Gasteiger partial charge in [-0.15, -0.1) is 0 Å². The summed E-state index contributed by atoms with van der Waals surface area (Å²) in [5.41, 5.74) is -0.212. The molecular weight excluding hydrogens is 241 g/mol. The van der Waals surface area contributed by atoms with Crippen LogP contribution >= 0.6 is 0 Å². The third-order valence-corrected chi connectivity index (χ3v) is 3.94. The maximum Gasteiger partial charge on any atom is 0.494 e. The molecule has 5 heteroatoms. The van der Waals surface area contributed by atoms with Gasteiger partial charge in [0.1, 0.15) is 5.60 Å². The molecule has 0 atom stereocenters. The van der Waals surface area contributed by atoms with Gasteiger partial charge in [0.2, 0.25) is 0 Å². The van der Waals surface area contributed by atoms with Crippen molar-refractivity contribution in [3.05, 3.63) is 24.0 Å². The summed E-state index contributed by atoms with van der Waals surface area (Å²) in [6, 6.07) is 3.69. The van der Waals surface area contributed by atoms with Crippen LogP contribution in [-0.2, 0) is 14.9 Å². The number of aliphatic hydroxyl groups is 1. The number of aromatic nitrogens is 1. The monoisotopic (exact) mass is 263 g/mol. The summed E-state index contributed by atoms with van der Waals surface area (Å²) in [6.07, 6.45) is 1.67. The Kier molecular flexibility index (Phi) is 3.28. The highest BCUT2D eigenvalue weighted by Gasteiger charge is 2.51. The summed E-state index contributed by atoms with van der Waals surface area (Å²) in [4.78, 5) is 4.19. The highest BCUT2D eigenvalue weighted by atomic mass is 16.7. The van der Waals surface area contributed by atoms with Gasteiger partial charge in [-0.05, 0) is 59.1 Å². The highest BCUT2D eigenvalue weighted by Crippen LogP contribution is 2.36. The van der Waals surface area contributed by atoms with E-state index in [2.05, 4.69) is 4.98 Å². The zero-order valence-electron chi connectivity index (χ0n) is 12.5. The van der Waals surface area contributed by atoms with Gasteiger partial charge in [-0.1, -0.05) is 0 Å². The van der Waals surface area contributed by atoms with E-state index < -0.39 is 12.7 Å². The molecule has 0 unspecified atom stereocenters. The molecule has 0 spiro atoms. The first kappa shape index (κ1) is 14.5. The molecule has 1 N–H and O–H groups in total. The fourth-order valence-corrected chi connectivity index (χ4v) is 1.91. The van der Waals surface area contributed by atoms with E-state index in [1.165, 1.54) is 0 Å². The third-order valence-electron chi connectivity index (χ3n) is 3.94. The second-order valence-corrected chi connectivity index (χ2v) is 6.62. The van der Waals surface area contributed by atoms with Crippen LogP contribution in [0.5, 0.6) is 0 Å². The van der Waals surface area contributed by atoms with Gasteiger partial charge >= 0.3 is 7.12 Å². The van der Waals surface area contributed by atoms with E-state index in [-0.39, 0.29) is 11.2 Å². The maximum atomic E-state index is 10.0. The van der Waals surface area contributed by atoms with Gasteiger partial charge in [0, 0.05) is 6.20 Å². The first-order chi connectivity index (χ1) is 8.53. The average molecular weight is 263 g/mol. The summed E-state index contributed by atoms with van der Waals surface area (Å²) >= 11 is 0. The van der Waals surface area contributed by atoms with Crippen LogP contribution in [0.15, 0.2) is 18.3 Å². The van der Waals surface area contributed by atoms with Crippen LogP contribution in [0.25, 0.3) is 0 Å². The van der Waals surface area contributed by atoms with Crippen molar-refractivity contribution in [2.24, 2.45) is 0 Å². The molecule has 2 heterocycles. The van der Waals surface area contributed by atoms with Crippen molar-refractivity contribution >= 4 is 12.6 Å². The van der Waals surface area contributed by atoms with E-state index in [9.17, 15) is 5.11 Å². The minimum absolute atomic E-state index is 0.365. The van der Waals surface area contributed by atoms with Gasteiger partial charge in [0.25, 0.3) is 0 Å². The average Bonchev–Trinajstić information content (AvgIpc) is 2.47. The zero-order chi connectivity index (χ0) is 14.5. The zero-order valence-corrected chi connectivity index (χ0v) is 12.5. The lowest BCUT2D eigenvalue weighted by Gasteiger charge is -2.32. The molecule has 4 nitrogen and oxygen atoms in total. The molecule has 0 aromatic carbocycles. The predicted octanol–water partition coefficient (Wildman–Crippen LogP) is 1.61. The van der Waals surface area contributed by atoms with E-state index >= 15 is 0 Å². The minimum atomic E-state index is -0.973. The van der Waals surface area contributed by atoms with Crippen molar-refractivity contribution < 1.29 is 14.4 Å². The molecule has 0 radical (unpaired) electrons. The molecule has 1 aliphatic rings. The number of pyridine rings is 1. The molecule has 1 fully saturated rings. The SMILES string of the molecule is CC(C)(O)c1cc(B2OC(C)(C)C(C)(C)O2)ccn1. The lowest BCUT2D eigenvalue weighted by Crippen LogP contribution is -2.41. The summed E-state index contributed by atoms with van der Waals surface area (Å²) in [5.74, 6) is 0. The number of hydrogen-bond donors (Lipinski definition) is 1. The molecule has 1 saturated heterocycles. The van der Waals surface area contributed by atoms with Crippen LogP contribution < -0.4 is 5.46 Å². The van der Waals surface area contributed by atoms with E-state index in [4.69, 9.17) is 9.31 Å². The van der Waals surface area contributed by atoms with Gasteiger partial charge in [-0.3, -0.25) is 4.98 Å². The molecule has 19 heavy (non-hydrogen) atoms. The maximum absolute atomic E-state index is 10.0.